The molecule has 1 saturated heterocycles. The number of benzene rings is 3. The Morgan fingerprint density at radius 1 is 0.972 bits per heavy atom. The molecule has 2 heterocycles. The molecule has 7 nitrogen and oxygen atoms in total. The van der Waals surface area contributed by atoms with Crippen molar-refractivity contribution in [2.24, 2.45) is 0 Å². The maximum absolute atomic E-state index is 13.6. The molecule has 0 bridgehead atoms. The Morgan fingerprint density at radius 2 is 1.67 bits per heavy atom. The number of para-hydroxylation sites is 1. The number of anilines is 2. The average molecular weight is 484 g/mol. The van der Waals surface area contributed by atoms with Gasteiger partial charge in [0.1, 0.15) is 11.4 Å². The first-order valence-electron chi connectivity index (χ1n) is 12.1. The van der Waals surface area contributed by atoms with Crippen LogP contribution in [0.25, 0.3) is 0 Å². The number of nitrogens with zero attached hydrogens (tertiary/aromatic N) is 3. The molecular formula is C29H29N3O4. The van der Waals surface area contributed by atoms with Crippen LogP contribution in [0.4, 0.5) is 11.4 Å². The van der Waals surface area contributed by atoms with Crippen LogP contribution in [0, 0.1) is 0 Å². The minimum absolute atomic E-state index is 0.00212. The quantitative estimate of drug-likeness (QED) is 0.492. The number of rotatable bonds is 7. The standard InChI is InChI=1S/C29H29N3O4/c1-29-18-16-27(34)32(29)25-11-7-6-10-24(25)28(35)31(29)19-17-26(33)30(20-21-8-4-3-5-9-21)22-12-14-23(36-2)15-13-22/h3-15H,16-20H2,1-2H3. The molecule has 0 aromatic heterocycles. The predicted octanol–water partition coefficient (Wildman–Crippen LogP) is 4.62. The van der Waals surface area contributed by atoms with E-state index in [2.05, 4.69) is 0 Å². The van der Waals surface area contributed by atoms with Gasteiger partial charge in [0.15, 0.2) is 0 Å². The Hall–Kier alpha value is -4.13. The van der Waals surface area contributed by atoms with Gasteiger partial charge in [-0.2, -0.15) is 0 Å². The van der Waals surface area contributed by atoms with E-state index in [1.807, 2.05) is 73.7 Å². The highest BCUT2D eigenvalue weighted by molar-refractivity contribution is 6.10. The molecule has 2 aliphatic heterocycles. The molecule has 2 aliphatic rings. The summed E-state index contributed by atoms with van der Waals surface area (Å²) in [6.45, 7) is 2.54. The van der Waals surface area contributed by atoms with Crippen LogP contribution >= 0.6 is 0 Å². The van der Waals surface area contributed by atoms with Crippen molar-refractivity contribution < 1.29 is 19.1 Å². The Labute approximate surface area is 210 Å². The summed E-state index contributed by atoms with van der Waals surface area (Å²) in [4.78, 5) is 45.2. The maximum Gasteiger partial charge on any atom is 0.257 e. The average Bonchev–Trinajstić information content (AvgIpc) is 3.22. The molecule has 184 valence electrons. The molecule has 3 amide bonds. The number of fused-ring (bicyclic) bond motifs is 3. The summed E-state index contributed by atoms with van der Waals surface area (Å²) in [5.74, 6) is 0.459. The van der Waals surface area contributed by atoms with Gasteiger partial charge in [-0.1, -0.05) is 42.5 Å². The summed E-state index contributed by atoms with van der Waals surface area (Å²) in [6, 6.07) is 24.4. The van der Waals surface area contributed by atoms with Gasteiger partial charge in [0.05, 0.1) is 24.9 Å². The van der Waals surface area contributed by atoms with Crippen LogP contribution in [-0.2, 0) is 16.1 Å². The van der Waals surface area contributed by atoms with Crippen LogP contribution in [0.15, 0.2) is 78.9 Å². The van der Waals surface area contributed by atoms with Crippen LogP contribution < -0.4 is 14.5 Å². The smallest absolute Gasteiger partial charge is 0.257 e. The molecule has 0 saturated carbocycles. The lowest BCUT2D eigenvalue weighted by molar-refractivity contribution is -0.119. The van der Waals surface area contributed by atoms with Gasteiger partial charge in [0, 0.05) is 25.1 Å². The second-order valence-electron chi connectivity index (χ2n) is 9.33. The summed E-state index contributed by atoms with van der Waals surface area (Å²) in [5.41, 5.74) is 2.12. The van der Waals surface area contributed by atoms with Crippen molar-refractivity contribution in [1.29, 1.82) is 0 Å². The number of hydrogen-bond acceptors (Lipinski definition) is 4. The van der Waals surface area contributed by atoms with E-state index in [1.54, 1.807) is 33.9 Å². The van der Waals surface area contributed by atoms with E-state index in [0.29, 0.717) is 36.4 Å². The summed E-state index contributed by atoms with van der Waals surface area (Å²) in [7, 11) is 1.60. The highest BCUT2D eigenvalue weighted by atomic mass is 16.5. The Balaban J connectivity index is 1.41. The SMILES string of the molecule is COc1ccc(N(Cc2ccccc2)C(=O)CCN2C(=O)c3ccccc3N3C(=O)CCC23C)cc1. The first-order valence-corrected chi connectivity index (χ1v) is 12.1. The number of ether oxygens (including phenoxy) is 1. The van der Waals surface area contributed by atoms with Gasteiger partial charge in [-0.25, -0.2) is 0 Å². The lowest BCUT2D eigenvalue weighted by atomic mass is 9.98. The first kappa shape index (κ1) is 23.6. The minimum Gasteiger partial charge on any atom is -0.497 e. The fourth-order valence-corrected chi connectivity index (χ4v) is 5.24. The third-order valence-electron chi connectivity index (χ3n) is 7.16. The third kappa shape index (κ3) is 4.11. The van der Waals surface area contributed by atoms with Crippen LogP contribution in [0.5, 0.6) is 5.75 Å². The monoisotopic (exact) mass is 483 g/mol. The Kier molecular flexibility index (Phi) is 6.22. The fraction of sp³-hybridized carbons (Fsp3) is 0.276. The second-order valence-corrected chi connectivity index (χ2v) is 9.33. The largest absolute Gasteiger partial charge is 0.497 e. The van der Waals surface area contributed by atoms with Crippen molar-refractivity contribution >= 4 is 29.1 Å². The molecule has 5 rings (SSSR count). The van der Waals surface area contributed by atoms with Gasteiger partial charge in [0.2, 0.25) is 11.8 Å². The Morgan fingerprint density at radius 3 is 2.39 bits per heavy atom. The van der Waals surface area contributed by atoms with Gasteiger partial charge in [0.25, 0.3) is 5.91 Å². The molecule has 0 spiro atoms. The highest BCUT2D eigenvalue weighted by Crippen LogP contribution is 2.44. The summed E-state index contributed by atoms with van der Waals surface area (Å²) in [5, 5.41) is 0. The molecule has 3 aromatic rings. The van der Waals surface area contributed by atoms with Gasteiger partial charge in [-0.05, 0) is 55.3 Å². The third-order valence-corrected chi connectivity index (χ3v) is 7.16. The van der Waals surface area contributed by atoms with Crippen molar-refractivity contribution in [3.05, 3.63) is 90.0 Å². The normalized spacial score (nSPS) is 18.6. The van der Waals surface area contributed by atoms with Crippen molar-refractivity contribution in [3.8, 4) is 5.75 Å². The zero-order valence-corrected chi connectivity index (χ0v) is 20.5. The Bertz CT molecular complexity index is 1290. The second kappa shape index (κ2) is 9.49. The molecule has 1 fully saturated rings. The summed E-state index contributed by atoms with van der Waals surface area (Å²) in [6.07, 6.45) is 1.03. The van der Waals surface area contributed by atoms with E-state index in [1.165, 1.54) is 0 Å². The number of methoxy groups -OCH3 is 1. The maximum atomic E-state index is 13.6. The van der Waals surface area contributed by atoms with Crippen LogP contribution in [0.1, 0.15) is 42.1 Å². The first-order chi connectivity index (χ1) is 17.4. The van der Waals surface area contributed by atoms with Gasteiger partial charge < -0.3 is 14.5 Å². The molecule has 0 N–H and O–H groups in total. The fourth-order valence-electron chi connectivity index (χ4n) is 5.24. The molecular weight excluding hydrogens is 454 g/mol. The van der Waals surface area contributed by atoms with E-state index < -0.39 is 5.66 Å². The van der Waals surface area contributed by atoms with Crippen molar-refractivity contribution in [3.63, 3.8) is 0 Å². The summed E-state index contributed by atoms with van der Waals surface area (Å²) >= 11 is 0. The molecule has 3 aromatic carbocycles. The molecule has 36 heavy (non-hydrogen) atoms. The molecule has 0 radical (unpaired) electrons. The number of carbonyl (C=O) groups excluding carboxylic acids is 3. The summed E-state index contributed by atoms with van der Waals surface area (Å²) < 4.78 is 5.28. The van der Waals surface area contributed by atoms with E-state index >= 15 is 0 Å². The predicted molar refractivity (Wildman–Crippen MR) is 138 cm³/mol. The van der Waals surface area contributed by atoms with Crippen LogP contribution in [-0.4, -0.2) is 41.9 Å². The molecule has 1 unspecified atom stereocenters. The number of hydrogen-bond donors (Lipinski definition) is 0. The van der Waals surface area contributed by atoms with Crippen molar-refractivity contribution in [2.45, 2.75) is 38.4 Å². The molecule has 0 aliphatic carbocycles. The van der Waals surface area contributed by atoms with Crippen LogP contribution in [0.2, 0.25) is 0 Å². The van der Waals surface area contributed by atoms with Gasteiger partial charge >= 0.3 is 0 Å². The van der Waals surface area contributed by atoms with E-state index in [-0.39, 0.29) is 30.7 Å². The molecule has 7 heteroatoms. The lowest BCUT2D eigenvalue weighted by Gasteiger charge is -2.48. The van der Waals surface area contributed by atoms with E-state index in [0.717, 1.165) is 11.3 Å². The lowest BCUT2D eigenvalue weighted by Crippen LogP contribution is -2.62. The number of carbonyl (C=O) groups is 3. The number of amides is 3. The zero-order valence-electron chi connectivity index (χ0n) is 20.5. The van der Waals surface area contributed by atoms with Crippen molar-refractivity contribution in [1.82, 2.24) is 4.90 Å². The minimum atomic E-state index is -0.785. The van der Waals surface area contributed by atoms with E-state index in [4.69, 9.17) is 4.74 Å². The molecule has 1 atom stereocenters. The highest BCUT2D eigenvalue weighted by Gasteiger charge is 2.52. The van der Waals surface area contributed by atoms with E-state index in [9.17, 15) is 14.4 Å². The van der Waals surface area contributed by atoms with Gasteiger partial charge in [-0.15, -0.1) is 0 Å². The topological polar surface area (TPSA) is 70.2 Å². The van der Waals surface area contributed by atoms with Crippen molar-refractivity contribution in [2.75, 3.05) is 23.5 Å². The zero-order chi connectivity index (χ0) is 25.3. The van der Waals surface area contributed by atoms with Gasteiger partial charge in [-0.3, -0.25) is 19.3 Å². The van der Waals surface area contributed by atoms with Crippen LogP contribution in [0.3, 0.4) is 0 Å².